The van der Waals surface area contributed by atoms with E-state index in [2.05, 4.69) is 4.98 Å². The number of sulfonamides is 1. The third kappa shape index (κ3) is 2.79. The van der Waals surface area contributed by atoms with Gasteiger partial charge in [-0.15, -0.1) is 0 Å². The zero-order valence-corrected chi connectivity index (χ0v) is 13.3. The molecule has 0 spiro atoms. The van der Waals surface area contributed by atoms with Crippen LogP contribution in [0.4, 0.5) is 14.5 Å². The van der Waals surface area contributed by atoms with Crippen LogP contribution in [0.2, 0.25) is 5.02 Å². The SMILES string of the molecule is N#Cc1ccc2c(S(=O)(=O)Nc3cc(F)c(Cl)cc3F)c[nH]c2c1. The van der Waals surface area contributed by atoms with Gasteiger partial charge >= 0.3 is 0 Å². The molecule has 0 aliphatic rings. The molecule has 0 bridgehead atoms. The summed E-state index contributed by atoms with van der Waals surface area (Å²) in [5.41, 5.74) is 0.226. The second-order valence-electron chi connectivity index (χ2n) is 4.88. The highest BCUT2D eigenvalue weighted by Gasteiger charge is 2.21. The monoisotopic (exact) mass is 367 g/mol. The van der Waals surface area contributed by atoms with Crippen LogP contribution in [0.15, 0.2) is 41.4 Å². The standard InChI is InChI=1S/C15H8ClF2N3O2S/c16-10-4-12(18)14(5-11(10)17)21-24(22,23)15-7-20-13-3-8(6-19)1-2-9(13)15/h1-5,7,20-21H. The minimum atomic E-state index is -4.18. The molecule has 0 saturated carbocycles. The Morgan fingerprint density at radius 3 is 2.62 bits per heavy atom. The number of hydrogen-bond donors (Lipinski definition) is 2. The number of H-pyrrole nitrogens is 1. The summed E-state index contributed by atoms with van der Waals surface area (Å²) in [6.45, 7) is 0. The lowest BCUT2D eigenvalue weighted by Crippen LogP contribution is -2.14. The summed E-state index contributed by atoms with van der Waals surface area (Å²) >= 11 is 5.44. The van der Waals surface area contributed by atoms with Crippen LogP contribution in [0.5, 0.6) is 0 Å². The summed E-state index contributed by atoms with van der Waals surface area (Å²) in [5.74, 6) is -1.95. The quantitative estimate of drug-likeness (QED) is 0.691. The van der Waals surface area contributed by atoms with E-state index in [1.165, 1.54) is 24.4 Å². The fraction of sp³-hybridized carbons (Fsp3) is 0. The van der Waals surface area contributed by atoms with Gasteiger partial charge in [0.25, 0.3) is 10.0 Å². The first-order valence-corrected chi connectivity index (χ1v) is 8.36. The van der Waals surface area contributed by atoms with Crippen molar-refractivity contribution in [1.29, 1.82) is 5.26 Å². The van der Waals surface area contributed by atoms with Gasteiger partial charge in [-0.1, -0.05) is 17.7 Å². The van der Waals surface area contributed by atoms with E-state index >= 15 is 0 Å². The van der Waals surface area contributed by atoms with E-state index in [0.717, 1.165) is 0 Å². The first kappa shape index (κ1) is 16.2. The highest BCUT2D eigenvalue weighted by molar-refractivity contribution is 7.93. The Morgan fingerprint density at radius 2 is 1.92 bits per heavy atom. The minimum Gasteiger partial charge on any atom is -0.360 e. The number of aromatic amines is 1. The fourth-order valence-corrected chi connectivity index (χ4v) is 3.58. The Labute approximate surface area is 140 Å². The molecule has 0 atom stereocenters. The van der Waals surface area contributed by atoms with Crippen molar-refractivity contribution in [3.05, 3.63) is 58.7 Å². The van der Waals surface area contributed by atoms with Crippen LogP contribution in [0.1, 0.15) is 5.56 Å². The maximum atomic E-state index is 13.8. The average Bonchev–Trinajstić information content (AvgIpc) is 2.96. The first-order chi connectivity index (χ1) is 11.3. The molecule has 1 aromatic heterocycles. The summed E-state index contributed by atoms with van der Waals surface area (Å²) in [6, 6.07) is 7.68. The van der Waals surface area contributed by atoms with Crippen LogP contribution in [-0.4, -0.2) is 13.4 Å². The number of benzene rings is 2. The maximum Gasteiger partial charge on any atom is 0.264 e. The molecule has 2 aromatic carbocycles. The smallest absolute Gasteiger partial charge is 0.264 e. The van der Waals surface area contributed by atoms with Crippen LogP contribution >= 0.6 is 11.6 Å². The molecule has 0 unspecified atom stereocenters. The maximum absolute atomic E-state index is 13.8. The predicted molar refractivity (Wildman–Crippen MR) is 85.2 cm³/mol. The van der Waals surface area contributed by atoms with Crippen molar-refractivity contribution in [3.8, 4) is 6.07 Å². The van der Waals surface area contributed by atoms with Crippen LogP contribution in [0, 0.1) is 23.0 Å². The summed E-state index contributed by atoms with van der Waals surface area (Å²) in [5, 5.41) is 8.72. The largest absolute Gasteiger partial charge is 0.360 e. The minimum absolute atomic E-state index is 0.156. The number of halogens is 3. The highest BCUT2D eigenvalue weighted by Crippen LogP contribution is 2.28. The third-order valence-corrected chi connectivity index (χ3v) is 5.01. The summed E-state index contributed by atoms with van der Waals surface area (Å²) in [4.78, 5) is 2.57. The second kappa shape index (κ2) is 5.78. The lowest BCUT2D eigenvalue weighted by molar-refractivity contribution is 0.595. The van der Waals surface area contributed by atoms with Gasteiger partial charge in [0.2, 0.25) is 0 Å². The fourth-order valence-electron chi connectivity index (χ4n) is 2.19. The van der Waals surface area contributed by atoms with Crippen molar-refractivity contribution in [2.75, 3.05) is 4.72 Å². The lowest BCUT2D eigenvalue weighted by Gasteiger charge is -2.09. The Balaban J connectivity index is 2.06. The number of anilines is 1. The van der Waals surface area contributed by atoms with Gasteiger partial charge < -0.3 is 4.98 Å². The number of aromatic nitrogens is 1. The van der Waals surface area contributed by atoms with E-state index < -0.39 is 32.4 Å². The molecule has 3 aromatic rings. The summed E-state index contributed by atoms with van der Waals surface area (Å²) in [7, 11) is -4.18. The lowest BCUT2D eigenvalue weighted by atomic mass is 10.2. The van der Waals surface area contributed by atoms with Gasteiger partial charge in [-0.3, -0.25) is 4.72 Å². The molecule has 3 rings (SSSR count). The Kier molecular flexibility index (Phi) is 3.91. The molecule has 0 amide bonds. The van der Waals surface area contributed by atoms with E-state index in [0.29, 0.717) is 28.6 Å². The molecule has 0 aliphatic carbocycles. The Morgan fingerprint density at radius 1 is 1.17 bits per heavy atom. The molecule has 24 heavy (non-hydrogen) atoms. The van der Waals surface area contributed by atoms with Crippen molar-refractivity contribution in [2.45, 2.75) is 4.90 Å². The molecule has 122 valence electrons. The Bertz CT molecular complexity index is 1100. The molecular weight excluding hydrogens is 360 g/mol. The van der Waals surface area contributed by atoms with Crippen molar-refractivity contribution in [2.24, 2.45) is 0 Å². The van der Waals surface area contributed by atoms with Gasteiger partial charge in [-0.2, -0.15) is 5.26 Å². The number of fused-ring (bicyclic) bond motifs is 1. The van der Waals surface area contributed by atoms with Crippen LogP contribution in [0.25, 0.3) is 10.9 Å². The molecular formula is C15H8ClF2N3O2S. The van der Waals surface area contributed by atoms with Gasteiger partial charge in [0.1, 0.15) is 16.5 Å². The number of nitrogens with one attached hydrogen (secondary N) is 2. The number of rotatable bonds is 3. The number of nitriles is 1. The molecule has 0 fully saturated rings. The molecule has 2 N–H and O–H groups in total. The number of nitrogens with zero attached hydrogens (tertiary/aromatic N) is 1. The Hall–Kier alpha value is -2.63. The van der Waals surface area contributed by atoms with Gasteiger partial charge in [0.05, 0.1) is 22.3 Å². The highest BCUT2D eigenvalue weighted by atomic mass is 35.5. The topological polar surface area (TPSA) is 85.8 Å². The van der Waals surface area contributed by atoms with E-state index in [1.807, 2.05) is 10.8 Å². The number of hydrogen-bond acceptors (Lipinski definition) is 3. The molecule has 0 aliphatic heterocycles. The van der Waals surface area contributed by atoms with Crippen LogP contribution in [-0.2, 0) is 10.0 Å². The van der Waals surface area contributed by atoms with Gasteiger partial charge in [-0.25, -0.2) is 17.2 Å². The summed E-state index contributed by atoms with van der Waals surface area (Å²) < 4.78 is 54.2. The van der Waals surface area contributed by atoms with Gasteiger partial charge in [0.15, 0.2) is 0 Å². The van der Waals surface area contributed by atoms with E-state index in [4.69, 9.17) is 16.9 Å². The van der Waals surface area contributed by atoms with Gasteiger partial charge in [0, 0.05) is 23.2 Å². The van der Waals surface area contributed by atoms with E-state index in [1.54, 1.807) is 0 Å². The summed E-state index contributed by atoms with van der Waals surface area (Å²) in [6.07, 6.45) is 1.21. The second-order valence-corrected chi connectivity index (χ2v) is 6.93. The molecule has 9 heteroatoms. The zero-order valence-electron chi connectivity index (χ0n) is 11.8. The van der Waals surface area contributed by atoms with Crippen molar-refractivity contribution in [3.63, 3.8) is 0 Å². The molecule has 5 nitrogen and oxygen atoms in total. The van der Waals surface area contributed by atoms with Crippen LogP contribution < -0.4 is 4.72 Å². The van der Waals surface area contributed by atoms with Gasteiger partial charge in [-0.05, 0) is 18.2 Å². The zero-order chi connectivity index (χ0) is 17.5. The van der Waals surface area contributed by atoms with Crippen molar-refractivity contribution in [1.82, 2.24) is 4.98 Å². The van der Waals surface area contributed by atoms with Crippen molar-refractivity contribution >= 4 is 38.2 Å². The molecule has 0 saturated heterocycles. The predicted octanol–water partition coefficient (Wildman–Crippen LogP) is 3.77. The molecule has 1 heterocycles. The normalized spacial score (nSPS) is 11.4. The van der Waals surface area contributed by atoms with Crippen molar-refractivity contribution < 1.29 is 17.2 Å². The average molecular weight is 368 g/mol. The van der Waals surface area contributed by atoms with E-state index in [-0.39, 0.29) is 4.90 Å². The third-order valence-electron chi connectivity index (χ3n) is 3.32. The van der Waals surface area contributed by atoms with E-state index in [9.17, 15) is 17.2 Å². The first-order valence-electron chi connectivity index (χ1n) is 6.50. The molecule has 0 radical (unpaired) electrons. The van der Waals surface area contributed by atoms with Crippen LogP contribution in [0.3, 0.4) is 0 Å².